The summed E-state index contributed by atoms with van der Waals surface area (Å²) in [5.74, 6) is -0.246. The molecule has 1 aliphatic rings. The van der Waals surface area contributed by atoms with E-state index in [0.717, 1.165) is 44.2 Å². The van der Waals surface area contributed by atoms with Gasteiger partial charge in [-0.1, -0.05) is 38.2 Å². The average Bonchev–Trinajstić information content (AvgIpc) is 3.41. The van der Waals surface area contributed by atoms with Crippen molar-refractivity contribution in [3.8, 4) is 23.1 Å². The number of carbonyl (C=O) groups is 1. The lowest BCUT2D eigenvalue weighted by molar-refractivity contribution is -0.274. The Morgan fingerprint density at radius 1 is 1.13 bits per heavy atom. The van der Waals surface area contributed by atoms with Gasteiger partial charge in [-0.05, 0) is 38.3 Å². The third-order valence-electron chi connectivity index (χ3n) is 6.44. The van der Waals surface area contributed by atoms with Crippen LogP contribution in [-0.4, -0.2) is 42.4 Å². The molecule has 0 bridgehead atoms. The van der Waals surface area contributed by atoms with Crippen molar-refractivity contribution in [1.29, 1.82) is 0 Å². The molecule has 12 heteroatoms. The molecule has 1 saturated carbocycles. The zero-order valence-electron chi connectivity index (χ0n) is 21.8. The van der Waals surface area contributed by atoms with Crippen LogP contribution < -0.4 is 14.8 Å². The number of nitrogens with zero attached hydrogens (tertiary/aromatic N) is 3. The van der Waals surface area contributed by atoms with Crippen LogP contribution in [0.15, 0.2) is 48.8 Å². The maximum Gasteiger partial charge on any atom is 0.573 e. The van der Waals surface area contributed by atoms with E-state index in [1.807, 2.05) is 0 Å². The van der Waals surface area contributed by atoms with Crippen LogP contribution in [-0.2, 0) is 11.3 Å². The summed E-state index contributed by atoms with van der Waals surface area (Å²) in [6.07, 6.45) is 3.98. The van der Waals surface area contributed by atoms with Crippen molar-refractivity contribution in [2.75, 3.05) is 5.32 Å². The lowest BCUT2D eigenvalue weighted by atomic mass is 9.84. The minimum absolute atomic E-state index is 0.0690. The van der Waals surface area contributed by atoms with Gasteiger partial charge in [-0.2, -0.15) is 5.10 Å². The molecule has 0 aliphatic heterocycles. The van der Waals surface area contributed by atoms with E-state index in [-0.39, 0.29) is 35.7 Å². The molecule has 3 aromatic rings. The van der Waals surface area contributed by atoms with Crippen LogP contribution in [0.25, 0.3) is 0 Å². The summed E-state index contributed by atoms with van der Waals surface area (Å²) in [7, 11) is 0. The topological polar surface area (TPSA) is 111 Å². The van der Waals surface area contributed by atoms with E-state index < -0.39 is 23.8 Å². The van der Waals surface area contributed by atoms with Crippen LogP contribution >= 0.6 is 0 Å². The number of carbonyl (C=O) groups excluding carboxylic acids is 1. The number of aromatic nitrogens is 3. The Hall–Kier alpha value is -3.67. The fourth-order valence-corrected chi connectivity index (χ4v) is 4.83. The van der Waals surface area contributed by atoms with Crippen molar-refractivity contribution >= 4 is 11.7 Å². The molecule has 0 saturated heterocycles. The molecule has 212 valence electrons. The molecule has 0 spiro atoms. The van der Waals surface area contributed by atoms with Crippen LogP contribution in [0.4, 0.5) is 19.0 Å². The molecule has 1 atom stereocenters. The molecule has 1 aliphatic carbocycles. The van der Waals surface area contributed by atoms with Gasteiger partial charge in [-0.15, -0.1) is 13.2 Å². The number of ether oxygens (including phenoxy) is 2. The molecular weight excluding hydrogens is 517 g/mol. The minimum atomic E-state index is -4.84. The van der Waals surface area contributed by atoms with Crippen molar-refractivity contribution in [2.45, 2.75) is 76.9 Å². The van der Waals surface area contributed by atoms with E-state index >= 15 is 0 Å². The number of aromatic hydroxyl groups is 1. The Kier molecular flexibility index (Phi) is 8.43. The zero-order valence-corrected chi connectivity index (χ0v) is 21.8. The van der Waals surface area contributed by atoms with Crippen molar-refractivity contribution in [1.82, 2.24) is 14.3 Å². The molecule has 39 heavy (non-hydrogen) atoms. The standard InChI is InChI=1S/C27H33F3N4O5/c1-26(2,37)17-33-12-11-23(32-33)31-25(36)22(13-18-7-4-3-5-8-18)34-16-21(15-24(34)35)38-19-9-6-10-20(14-19)39-27(28,29)30/h6,9-12,14-16,18,22,35,37H,3-5,7-8,13,17H2,1-2H3,(H,31,32,36)/t22-/m0/s1. The van der Waals surface area contributed by atoms with E-state index in [1.165, 1.54) is 33.6 Å². The summed E-state index contributed by atoms with van der Waals surface area (Å²) in [5, 5.41) is 27.9. The molecule has 1 amide bonds. The number of aliphatic hydroxyl groups is 1. The number of hydrogen-bond acceptors (Lipinski definition) is 6. The SMILES string of the molecule is CC(C)(O)Cn1ccc(NC(=O)[C@H](CC2CCCCC2)n2cc(Oc3cccc(OC(F)(F)F)c3)cc2O)n1. The van der Waals surface area contributed by atoms with E-state index in [4.69, 9.17) is 4.74 Å². The summed E-state index contributed by atoms with van der Waals surface area (Å²) < 4.78 is 50.3. The number of nitrogens with one attached hydrogen (secondary N) is 1. The second-order valence-electron chi connectivity index (χ2n) is 10.5. The number of halogens is 3. The highest BCUT2D eigenvalue weighted by Gasteiger charge is 2.31. The van der Waals surface area contributed by atoms with E-state index in [9.17, 15) is 28.2 Å². The summed E-state index contributed by atoms with van der Waals surface area (Å²) in [6.45, 7) is 3.55. The first-order valence-corrected chi connectivity index (χ1v) is 12.9. The Bertz CT molecular complexity index is 1260. The minimum Gasteiger partial charge on any atom is -0.494 e. The van der Waals surface area contributed by atoms with Crippen LogP contribution in [0.1, 0.15) is 58.4 Å². The highest BCUT2D eigenvalue weighted by atomic mass is 19.4. The lowest BCUT2D eigenvalue weighted by Crippen LogP contribution is -2.29. The van der Waals surface area contributed by atoms with Gasteiger partial charge in [0.25, 0.3) is 0 Å². The second-order valence-corrected chi connectivity index (χ2v) is 10.5. The van der Waals surface area contributed by atoms with Crippen LogP contribution in [0.5, 0.6) is 23.1 Å². The number of benzene rings is 1. The van der Waals surface area contributed by atoms with Crippen molar-refractivity contribution in [3.05, 3.63) is 48.8 Å². The Labute approximate surface area is 224 Å². The van der Waals surface area contributed by atoms with Crippen LogP contribution in [0, 0.1) is 5.92 Å². The molecule has 1 aromatic carbocycles. The first-order chi connectivity index (χ1) is 18.3. The van der Waals surface area contributed by atoms with Crippen molar-refractivity contribution in [2.24, 2.45) is 5.92 Å². The predicted molar refractivity (Wildman–Crippen MR) is 137 cm³/mol. The maximum absolute atomic E-state index is 13.5. The Balaban J connectivity index is 1.53. The predicted octanol–water partition coefficient (Wildman–Crippen LogP) is 6.00. The van der Waals surface area contributed by atoms with Gasteiger partial charge in [-0.25, -0.2) is 0 Å². The number of amides is 1. The highest BCUT2D eigenvalue weighted by Crippen LogP contribution is 2.37. The van der Waals surface area contributed by atoms with Crippen molar-refractivity contribution in [3.63, 3.8) is 0 Å². The summed E-state index contributed by atoms with van der Waals surface area (Å²) >= 11 is 0. The third-order valence-corrected chi connectivity index (χ3v) is 6.44. The largest absolute Gasteiger partial charge is 0.573 e. The maximum atomic E-state index is 13.5. The molecular formula is C27H33F3N4O5. The van der Waals surface area contributed by atoms with E-state index in [1.54, 1.807) is 26.1 Å². The van der Waals surface area contributed by atoms with E-state index in [0.29, 0.717) is 12.2 Å². The Morgan fingerprint density at radius 3 is 2.54 bits per heavy atom. The van der Waals surface area contributed by atoms with Gasteiger partial charge in [0.05, 0.1) is 18.3 Å². The number of hydrogen-bond donors (Lipinski definition) is 3. The fourth-order valence-electron chi connectivity index (χ4n) is 4.83. The summed E-state index contributed by atoms with van der Waals surface area (Å²) in [4.78, 5) is 13.5. The van der Waals surface area contributed by atoms with Gasteiger partial charge in [-0.3, -0.25) is 9.48 Å². The molecule has 4 rings (SSSR count). The molecule has 0 unspecified atom stereocenters. The monoisotopic (exact) mass is 550 g/mol. The number of anilines is 1. The van der Waals surface area contributed by atoms with Gasteiger partial charge in [0, 0.05) is 24.4 Å². The first-order valence-electron chi connectivity index (χ1n) is 12.9. The highest BCUT2D eigenvalue weighted by molar-refractivity contribution is 5.93. The molecule has 3 N–H and O–H groups in total. The van der Waals surface area contributed by atoms with Gasteiger partial charge >= 0.3 is 6.36 Å². The quantitative estimate of drug-likeness (QED) is 0.286. The number of alkyl halides is 3. The average molecular weight is 551 g/mol. The molecule has 1 fully saturated rings. The summed E-state index contributed by atoms with van der Waals surface area (Å²) in [5.41, 5.74) is -0.984. The first kappa shape index (κ1) is 28.3. The van der Waals surface area contributed by atoms with E-state index in [2.05, 4.69) is 15.2 Å². The zero-order chi connectivity index (χ0) is 28.2. The van der Waals surface area contributed by atoms with Gasteiger partial charge < -0.3 is 29.6 Å². The van der Waals surface area contributed by atoms with Crippen LogP contribution in [0.3, 0.4) is 0 Å². The molecule has 2 aromatic heterocycles. The molecule has 9 nitrogen and oxygen atoms in total. The smallest absolute Gasteiger partial charge is 0.494 e. The molecule has 2 heterocycles. The Morgan fingerprint density at radius 2 is 1.85 bits per heavy atom. The van der Waals surface area contributed by atoms with Gasteiger partial charge in [0.15, 0.2) is 11.7 Å². The summed E-state index contributed by atoms with van der Waals surface area (Å²) in [6, 6.07) is 7.17. The third kappa shape index (κ3) is 8.41. The normalized spacial score (nSPS) is 15.6. The molecule has 0 radical (unpaired) electrons. The van der Waals surface area contributed by atoms with Crippen molar-refractivity contribution < 1.29 is 37.7 Å². The van der Waals surface area contributed by atoms with Crippen LogP contribution in [0.2, 0.25) is 0 Å². The number of rotatable bonds is 10. The fraction of sp³-hybridized carbons (Fsp3) is 0.481. The second kappa shape index (κ2) is 11.6. The lowest BCUT2D eigenvalue weighted by Gasteiger charge is -2.27. The van der Waals surface area contributed by atoms with Gasteiger partial charge in [0.1, 0.15) is 23.3 Å². The van der Waals surface area contributed by atoms with Gasteiger partial charge in [0.2, 0.25) is 5.91 Å².